The van der Waals surface area contributed by atoms with E-state index in [0.29, 0.717) is 17.4 Å². The summed E-state index contributed by atoms with van der Waals surface area (Å²) < 4.78 is 5.82. The van der Waals surface area contributed by atoms with E-state index >= 15 is 0 Å². The SMILES string of the molecule is CC(C)C(=O)N/N=C/c1ccccc1OCc1ccccc1Cl. The zero-order valence-electron chi connectivity index (χ0n) is 13.1. The maximum Gasteiger partial charge on any atom is 0.242 e. The molecule has 0 aliphatic rings. The zero-order chi connectivity index (χ0) is 16.7. The van der Waals surface area contributed by atoms with Gasteiger partial charge in [0.15, 0.2) is 0 Å². The number of halogens is 1. The van der Waals surface area contributed by atoms with Crippen molar-refractivity contribution in [3.63, 3.8) is 0 Å². The number of hydrogen-bond acceptors (Lipinski definition) is 3. The van der Waals surface area contributed by atoms with E-state index in [0.717, 1.165) is 11.1 Å². The Labute approximate surface area is 141 Å². The first-order valence-corrected chi connectivity index (χ1v) is 7.74. The van der Waals surface area contributed by atoms with Gasteiger partial charge in [-0.05, 0) is 18.2 Å². The van der Waals surface area contributed by atoms with Gasteiger partial charge in [0.2, 0.25) is 5.91 Å². The highest BCUT2D eigenvalue weighted by Crippen LogP contribution is 2.20. The number of rotatable bonds is 6. The average Bonchev–Trinajstić information content (AvgIpc) is 2.55. The van der Waals surface area contributed by atoms with E-state index < -0.39 is 0 Å². The topological polar surface area (TPSA) is 50.7 Å². The molecular formula is C18H19ClN2O2. The van der Waals surface area contributed by atoms with Crippen molar-refractivity contribution in [2.45, 2.75) is 20.5 Å². The second-order valence-corrected chi connectivity index (χ2v) is 5.71. The van der Waals surface area contributed by atoms with E-state index in [4.69, 9.17) is 16.3 Å². The fourth-order valence-corrected chi connectivity index (χ4v) is 1.97. The lowest BCUT2D eigenvalue weighted by Crippen LogP contribution is -2.22. The Bertz CT molecular complexity index is 699. The fraction of sp³-hybridized carbons (Fsp3) is 0.222. The molecule has 0 aliphatic carbocycles. The molecule has 0 saturated heterocycles. The predicted molar refractivity (Wildman–Crippen MR) is 92.8 cm³/mol. The lowest BCUT2D eigenvalue weighted by molar-refractivity contribution is -0.123. The van der Waals surface area contributed by atoms with Crippen LogP contribution in [0.5, 0.6) is 5.75 Å². The van der Waals surface area contributed by atoms with Crippen LogP contribution in [0.4, 0.5) is 0 Å². The molecule has 23 heavy (non-hydrogen) atoms. The van der Waals surface area contributed by atoms with Gasteiger partial charge in [-0.3, -0.25) is 4.79 Å². The van der Waals surface area contributed by atoms with Crippen molar-refractivity contribution in [2.24, 2.45) is 11.0 Å². The van der Waals surface area contributed by atoms with Crippen molar-refractivity contribution < 1.29 is 9.53 Å². The Balaban J connectivity index is 2.04. The highest BCUT2D eigenvalue weighted by Gasteiger charge is 2.06. The molecule has 0 unspecified atom stereocenters. The second kappa shape index (κ2) is 8.34. The van der Waals surface area contributed by atoms with Gasteiger partial charge in [0, 0.05) is 22.1 Å². The number of benzene rings is 2. The third-order valence-corrected chi connectivity index (χ3v) is 3.53. The molecule has 2 rings (SSSR count). The zero-order valence-corrected chi connectivity index (χ0v) is 13.9. The minimum absolute atomic E-state index is 0.112. The van der Waals surface area contributed by atoms with Crippen LogP contribution in [-0.2, 0) is 11.4 Å². The standard InChI is InChI=1S/C18H19ClN2O2/c1-13(2)18(22)21-20-11-14-7-4-6-10-17(14)23-12-15-8-3-5-9-16(15)19/h3-11,13H,12H2,1-2H3,(H,21,22)/b20-11+. The molecule has 1 N–H and O–H groups in total. The molecule has 2 aromatic rings. The molecule has 0 spiro atoms. The maximum absolute atomic E-state index is 11.5. The molecule has 120 valence electrons. The van der Waals surface area contributed by atoms with Crippen LogP contribution in [0.25, 0.3) is 0 Å². The number of hydrogen-bond donors (Lipinski definition) is 1. The first-order valence-electron chi connectivity index (χ1n) is 7.36. The lowest BCUT2D eigenvalue weighted by Gasteiger charge is -2.10. The molecule has 0 saturated carbocycles. The van der Waals surface area contributed by atoms with E-state index in [9.17, 15) is 4.79 Å². The van der Waals surface area contributed by atoms with Gasteiger partial charge in [0.25, 0.3) is 0 Å². The predicted octanol–water partition coefficient (Wildman–Crippen LogP) is 4.03. The summed E-state index contributed by atoms with van der Waals surface area (Å²) in [7, 11) is 0. The number of hydrazone groups is 1. The molecule has 0 heterocycles. The summed E-state index contributed by atoms with van der Waals surface area (Å²) in [5.41, 5.74) is 4.19. The van der Waals surface area contributed by atoms with Gasteiger partial charge >= 0.3 is 0 Å². The van der Waals surface area contributed by atoms with E-state index in [-0.39, 0.29) is 11.8 Å². The van der Waals surface area contributed by atoms with E-state index in [1.807, 2.05) is 62.4 Å². The van der Waals surface area contributed by atoms with Crippen LogP contribution in [-0.4, -0.2) is 12.1 Å². The fourth-order valence-electron chi connectivity index (χ4n) is 1.78. The summed E-state index contributed by atoms with van der Waals surface area (Å²) >= 11 is 6.12. The Kier molecular flexibility index (Phi) is 6.18. The summed E-state index contributed by atoms with van der Waals surface area (Å²) in [4.78, 5) is 11.5. The third kappa shape index (κ3) is 5.11. The summed E-state index contributed by atoms with van der Waals surface area (Å²) in [6, 6.07) is 15.0. The van der Waals surface area contributed by atoms with Gasteiger partial charge in [0.05, 0.1) is 6.21 Å². The third-order valence-electron chi connectivity index (χ3n) is 3.16. The molecule has 1 amide bonds. The van der Waals surface area contributed by atoms with Gasteiger partial charge in [0.1, 0.15) is 12.4 Å². The molecule has 2 aromatic carbocycles. The highest BCUT2D eigenvalue weighted by atomic mass is 35.5. The molecule has 0 bridgehead atoms. The number of carbonyl (C=O) groups excluding carboxylic acids is 1. The number of para-hydroxylation sites is 1. The minimum Gasteiger partial charge on any atom is -0.488 e. The van der Waals surface area contributed by atoms with E-state index in [1.54, 1.807) is 6.21 Å². The van der Waals surface area contributed by atoms with Gasteiger partial charge in [-0.1, -0.05) is 55.8 Å². The normalized spacial score (nSPS) is 11.0. The second-order valence-electron chi connectivity index (χ2n) is 5.31. The van der Waals surface area contributed by atoms with Crippen LogP contribution in [0, 0.1) is 5.92 Å². The first kappa shape index (κ1) is 17.0. The van der Waals surface area contributed by atoms with Crippen LogP contribution in [0.3, 0.4) is 0 Å². The van der Waals surface area contributed by atoms with Crippen LogP contribution in [0.15, 0.2) is 53.6 Å². The lowest BCUT2D eigenvalue weighted by atomic mass is 10.2. The molecule has 0 aliphatic heterocycles. The monoisotopic (exact) mass is 330 g/mol. The Hall–Kier alpha value is -2.33. The highest BCUT2D eigenvalue weighted by molar-refractivity contribution is 6.31. The van der Waals surface area contributed by atoms with Crippen molar-refractivity contribution in [3.05, 3.63) is 64.7 Å². The molecule has 0 atom stereocenters. The van der Waals surface area contributed by atoms with Gasteiger partial charge in [-0.2, -0.15) is 5.10 Å². The Morgan fingerprint density at radius 2 is 1.91 bits per heavy atom. The largest absolute Gasteiger partial charge is 0.488 e. The number of carbonyl (C=O) groups is 1. The van der Waals surface area contributed by atoms with Crippen LogP contribution < -0.4 is 10.2 Å². The average molecular weight is 331 g/mol. The van der Waals surface area contributed by atoms with Gasteiger partial charge in [-0.25, -0.2) is 5.43 Å². The van der Waals surface area contributed by atoms with Gasteiger partial charge in [-0.15, -0.1) is 0 Å². The number of ether oxygens (including phenoxy) is 1. The number of nitrogens with zero attached hydrogens (tertiary/aromatic N) is 1. The first-order chi connectivity index (χ1) is 11.1. The van der Waals surface area contributed by atoms with Crippen molar-refractivity contribution in [2.75, 3.05) is 0 Å². The van der Waals surface area contributed by atoms with Gasteiger partial charge < -0.3 is 4.74 Å². The van der Waals surface area contributed by atoms with E-state index in [2.05, 4.69) is 10.5 Å². The summed E-state index contributed by atoms with van der Waals surface area (Å²) in [6.07, 6.45) is 1.57. The summed E-state index contributed by atoms with van der Waals surface area (Å²) in [6.45, 7) is 3.99. The molecule has 0 radical (unpaired) electrons. The number of amides is 1. The number of nitrogens with one attached hydrogen (secondary N) is 1. The summed E-state index contributed by atoms with van der Waals surface area (Å²) in [5, 5.41) is 4.63. The van der Waals surface area contributed by atoms with Crippen LogP contribution in [0.2, 0.25) is 5.02 Å². The molecular weight excluding hydrogens is 312 g/mol. The smallest absolute Gasteiger partial charge is 0.242 e. The van der Waals surface area contributed by atoms with Crippen molar-refractivity contribution in [3.8, 4) is 5.75 Å². The molecule has 0 aromatic heterocycles. The Morgan fingerprint density at radius 3 is 2.65 bits per heavy atom. The van der Waals surface area contributed by atoms with Crippen molar-refractivity contribution in [1.29, 1.82) is 0 Å². The molecule has 0 fully saturated rings. The maximum atomic E-state index is 11.5. The molecule has 4 nitrogen and oxygen atoms in total. The Morgan fingerprint density at radius 1 is 1.22 bits per heavy atom. The molecule has 5 heteroatoms. The van der Waals surface area contributed by atoms with Crippen molar-refractivity contribution in [1.82, 2.24) is 5.43 Å². The van der Waals surface area contributed by atoms with E-state index in [1.165, 1.54) is 0 Å². The van der Waals surface area contributed by atoms with Crippen LogP contribution in [0.1, 0.15) is 25.0 Å². The summed E-state index contributed by atoms with van der Waals surface area (Å²) in [5.74, 6) is 0.435. The quantitative estimate of drug-likeness (QED) is 0.642. The van der Waals surface area contributed by atoms with Crippen molar-refractivity contribution >= 4 is 23.7 Å². The van der Waals surface area contributed by atoms with Crippen LogP contribution >= 0.6 is 11.6 Å². The minimum atomic E-state index is -0.129.